The molecule has 0 bridgehead atoms. The molecular formula is C83H60F2N2O2. The standard InChI is InChI=1S/C83H60F2N2O2/c1-50(2)66-48-74(86(72-36-22-34-62-58-32-18-20-38-76(58)88-82(62)72)80-68(54-28-10-5-6-11-29-54)44-56(46-70(80)84)52-24-12-7-13-25-52)64-42-40-61-67(51(3)4)49-75(65-43-41-60(66)78(64)79(61)65)87(73-37-23-35-63-59-33-19-21-39-77(59)89-83(63)73)81-69(55-30-16-9-17-31-55)45-57(47-71(81)85)53-26-14-8-15-27-53/h5-28,30-51H,29H2,1-4H3. The number of para-hydroxylation sites is 4. The Balaban J connectivity index is 1.05. The number of benzene rings is 13. The third-order valence-electron chi connectivity index (χ3n) is 18.1. The van der Waals surface area contributed by atoms with Crippen molar-refractivity contribution < 1.29 is 17.6 Å². The molecule has 15 aromatic rings. The van der Waals surface area contributed by atoms with Gasteiger partial charge in [-0.3, -0.25) is 0 Å². The highest BCUT2D eigenvalue weighted by Gasteiger charge is 2.33. The van der Waals surface area contributed by atoms with Gasteiger partial charge in [-0.05, 0) is 145 Å². The maximum Gasteiger partial charge on any atom is 0.159 e. The summed E-state index contributed by atoms with van der Waals surface area (Å²) in [5.74, 6) is -0.730. The summed E-state index contributed by atoms with van der Waals surface area (Å²) in [6.07, 6.45) is 11.0. The van der Waals surface area contributed by atoms with Gasteiger partial charge in [-0.25, -0.2) is 8.78 Å². The molecule has 0 radical (unpaired) electrons. The molecule has 89 heavy (non-hydrogen) atoms. The second-order valence-corrected chi connectivity index (χ2v) is 24.0. The minimum Gasteiger partial charge on any atom is -0.454 e. The van der Waals surface area contributed by atoms with E-state index < -0.39 is 0 Å². The third-order valence-corrected chi connectivity index (χ3v) is 18.1. The van der Waals surface area contributed by atoms with Crippen molar-refractivity contribution in [1.82, 2.24) is 0 Å². The Labute approximate surface area is 515 Å². The van der Waals surface area contributed by atoms with Gasteiger partial charge >= 0.3 is 0 Å². The van der Waals surface area contributed by atoms with Crippen molar-refractivity contribution in [2.75, 3.05) is 9.80 Å². The van der Waals surface area contributed by atoms with Crippen molar-refractivity contribution in [3.63, 3.8) is 0 Å². The van der Waals surface area contributed by atoms with Crippen LogP contribution in [0.25, 0.3) is 115 Å². The second kappa shape index (κ2) is 21.5. The number of hydrogen-bond acceptors (Lipinski definition) is 4. The zero-order chi connectivity index (χ0) is 60.0. The summed E-state index contributed by atoms with van der Waals surface area (Å²) < 4.78 is 51.6. The van der Waals surface area contributed by atoms with Crippen molar-refractivity contribution in [2.24, 2.45) is 0 Å². The summed E-state index contributed by atoms with van der Waals surface area (Å²) in [5.41, 5.74) is 15.4. The largest absolute Gasteiger partial charge is 0.454 e. The molecule has 0 amide bonds. The molecule has 1 aliphatic carbocycles. The average Bonchev–Trinajstić information content (AvgIpc) is 0.754. The maximum absolute atomic E-state index is 18.8. The first-order valence-corrected chi connectivity index (χ1v) is 30.7. The molecular weight excluding hydrogens is 1090 g/mol. The van der Waals surface area contributed by atoms with Gasteiger partial charge in [0.1, 0.15) is 22.8 Å². The highest BCUT2D eigenvalue weighted by molar-refractivity contribution is 6.30. The smallest absolute Gasteiger partial charge is 0.159 e. The van der Waals surface area contributed by atoms with Gasteiger partial charge in [-0.15, -0.1) is 0 Å². The number of rotatable bonds is 12. The van der Waals surface area contributed by atoms with E-state index in [2.05, 4.69) is 165 Å². The van der Waals surface area contributed by atoms with Crippen LogP contribution in [0.15, 0.2) is 276 Å². The lowest BCUT2D eigenvalue weighted by Crippen LogP contribution is -2.16. The van der Waals surface area contributed by atoms with Gasteiger partial charge in [0.05, 0.1) is 34.1 Å². The van der Waals surface area contributed by atoms with Crippen LogP contribution in [0.4, 0.5) is 42.9 Å². The first-order valence-electron chi connectivity index (χ1n) is 30.7. The highest BCUT2D eigenvalue weighted by atomic mass is 19.1. The van der Waals surface area contributed by atoms with Crippen LogP contribution < -0.4 is 9.80 Å². The van der Waals surface area contributed by atoms with Crippen LogP contribution in [0.1, 0.15) is 62.6 Å². The van der Waals surface area contributed by atoms with E-state index in [9.17, 15) is 0 Å². The summed E-state index contributed by atoms with van der Waals surface area (Å²) in [4.78, 5) is 4.28. The molecule has 0 atom stereocenters. The van der Waals surface area contributed by atoms with Crippen molar-refractivity contribution in [3.05, 3.63) is 295 Å². The number of hydrogen-bond donors (Lipinski definition) is 0. The zero-order valence-corrected chi connectivity index (χ0v) is 49.7. The Hall–Kier alpha value is -10.8. The van der Waals surface area contributed by atoms with E-state index in [0.29, 0.717) is 40.3 Å². The molecule has 428 valence electrons. The normalized spacial score (nSPS) is 12.7. The van der Waals surface area contributed by atoms with Gasteiger partial charge in [0.15, 0.2) is 11.2 Å². The molecule has 0 saturated heterocycles. The average molecular weight is 1160 g/mol. The predicted molar refractivity (Wildman–Crippen MR) is 369 cm³/mol. The Bertz CT molecular complexity index is 5380. The van der Waals surface area contributed by atoms with Crippen molar-refractivity contribution >= 4 is 116 Å². The van der Waals surface area contributed by atoms with Crippen molar-refractivity contribution in [2.45, 2.75) is 46.0 Å². The van der Waals surface area contributed by atoms with E-state index in [4.69, 9.17) is 8.83 Å². The summed E-state index contributed by atoms with van der Waals surface area (Å²) >= 11 is 0. The number of anilines is 6. The molecule has 0 saturated carbocycles. The van der Waals surface area contributed by atoms with E-state index in [1.54, 1.807) is 12.1 Å². The Morgan fingerprint density at radius 3 is 1.27 bits per heavy atom. The number of allylic oxidation sites excluding steroid dienone is 6. The molecule has 4 nitrogen and oxygen atoms in total. The van der Waals surface area contributed by atoms with Gasteiger partial charge in [0.2, 0.25) is 0 Å². The van der Waals surface area contributed by atoms with Gasteiger partial charge < -0.3 is 18.6 Å². The van der Waals surface area contributed by atoms with Crippen LogP contribution in [0, 0.1) is 11.6 Å². The molecule has 16 rings (SSSR count). The number of fused-ring (bicyclic) bond motifs is 6. The van der Waals surface area contributed by atoms with Crippen LogP contribution in [-0.4, -0.2) is 0 Å². The highest BCUT2D eigenvalue weighted by Crippen LogP contribution is 2.56. The molecule has 1 aliphatic rings. The number of nitrogens with zero attached hydrogens (tertiary/aromatic N) is 2. The fourth-order valence-electron chi connectivity index (χ4n) is 14.0. The summed E-state index contributed by atoms with van der Waals surface area (Å²) in [7, 11) is 0. The molecule has 0 N–H and O–H groups in total. The van der Waals surface area contributed by atoms with Gasteiger partial charge in [0.25, 0.3) is 0 Å². The van der Waals surface area contributed by atoms with Crippen LogP contribution in [0.2, 0.25) is 0 Å². The van der Waals surface area contributed by atoms with E-state index in [1.165, 1.54) is 0 Å². The van der Waals surface area contributed by atoms with Crippen molar-refractivity contribution in [3.8, 4) is 33.4 Å². The van der Waals surface area contributed by atoms with E-state index in [-0.39, 0.29) is 23.5 Å². The maximum atomic E-state index is 18.8. The lowest BCUT2D eigenvalue weighted by Gasteiger charge is -2.33. The fraction of sp³-hybridized carbons (Fsp3) is 0.0843. The van der Waals surface area contributed by atoms with Crippen LogP contribution >= 0.6 is 0 Å². The number of halogens is 2. The predicted octanol–water partition coefficient (Wildman–Crippen LogP) is 24.7. The monoisotopic (exact) mass is 1150 g/mol. The van der Waals surface area contributed by atoms with Gasteiger partial charge in [-0.2, -0.15) is 0 Å². The Morgan fingerprint density at radius 1 is 0.348 bits per heavy atom. The SMILES string of the molecule is CC(C)c1cc(N(c2c(F)cc(-c3ccccc3)cc2C2=CC=CC=CC2)c2cccc3c2oc2ccccc23)c2ccc3c(C(C)C)cc(N(c4c(F)cc(-c5ccccc5)cc4-c4ccccc4)c4cccc5c4oc4ccccc45)c4ccc1c2c34. The molecule has 0 fully saturated rings. The van der Waals surface area contributed by atoms with Crippen LogP contribution in [-0.2, 0) is 0 Å². The van der Waals surface area contributed by atoms with E-state index in [1.807, 2.05) is 127 Å². The topological polar surface area (TPSA) is 32.8 Å². The quantitative estimate of drug-likeness (QED) is 0.114. The van der Waals surface area contributed by atoms with E-state index >= 15 is 8.78 Å². The van der Waals surface area contributed by atoms with E-state index in [0.717, 1.165) is 132 Å². The molecule has 0 spiro atoms. The van der Waals surface area contributed by atoms with Crippen LogP contribution in [0.3, 0.4) is 0 Å². The first-order chi connectivity index (χ1) is 43.7. The minimum absolute atomic E-state index is 0.0167. The molecule has 13 aromatic carbocycles. The molecule has 2 aromatic heterocycles. The Morgan fingerprint density at radius 2 is 0.775 bits per heavy atom. The summed E-state index contributed by atoms with van der Waals surface area (Å²) in [6, 6.07) is 80.1. The van der Waals surface area contributed by atoms with Gasteiger partial charge in [0, 0.05) is 43.4 Å². The third kappa shape index (κ3) is 8.84. The first kappa shape index (κ1) is 53.6. The summed E-state index contributed by atoms with van der Waals surface area (Å²) in [5, 5.41) is 9.86. The molecule has 0 aliphatic heterocycles. The van der Waals surface area contributed by atoms with Crippen molar-refractivity contribution in [1.29, 1.82) is 0 Å². The summed E-state index contributed by atoms with van der Waals surface area (Å²) in [6.45, 7) is 8.95. The lowest BCUT2D eigenvalue weighted by atomic mass is 9.83. The minimum atomic E-state index is -0.388. The van der Waals surface area contributed by atoms with Gasteiger partial charge in [-0.1, -0.05) is 234 Å². The fourth-order valence-corrected chi connectivity index (χ4v) is 14.0. The van der Waals surface area contributed by atoms with Crippen LogP contribution in [0.5, 0.6) is 0 Å². The number of furan rings is 2. The zero-order valence-electron chi connectivity index (χ0n) is 49.7. The second-order valence-electron chi connectivity index (χ2n) is 24.0. The Kier molecular flexibility index (Phi) is 13.0. The molecule has 2 heterocycles. The lowest BCUT2D eigenvalue weighted by molar-refractivity contribution is 0.628. The molecule has 6 heteroatoms. The molecule has 0 unspecified atom stereocenters.